The van der Waals surface area contributed by atoms with Gasteiger partial charge in [0.05, 0.1) is 4.47 Å². The highest BCUT2D eigenvalue weighted by Crippen LogP contribution is 2.59. The van der Waals surface area contributed by atoms with Gasteiger partial charge in [0, 0.05) is 6.42 Å². The van der Waals surface area contributed by atoms with Gasteiger partial charge in [-0.3, -0.25) is 0 Å². The van der Waals surface area contributed by atoms with Crippen LogP contribution >= 0.6 is 15.9 Å². The molecule has 1 aromatic rings. The largest absolute Gasteiger partial charge is 0.507 e. The Balaban J connectivity index is 2.49. The second-order valence-electron chi connectivity index (χ2n) is 3.49. The molecule has 76 valence electrons. The number of aromatic hydroxyl groups is 1. The van der Waals surface area contributed by atoms with Crippen molar-refractivity contribution in [2.45, 2.75) is 17.9 Å². The Morgan fingerprint density at radius 3 is 2.50 bits per heavy atom. The van der Waals surface area contributed by atoms with E-state index < -0.39 is 11.5 Å². The van der Waals surface area contributed by atoms with Crippen molar-refractivity contribution in [3.05, 3.63) is 28.2 Å². The van der Waals surface area contributed by atoms with Crippen LogP contribution in [0.3, 0.4) is 0 Å². The van der Waals surface area contributed by atoms with E-state index in [0.717, 1.165) is 0 Å². The Morgan fingerprint density at radius 1 is 1.43 bits per heavy atom. The molecular weight excluding hydrogens is 256 g/mol. The van der Waals surface area contributed by atoms with Gasteiger partial charge in [-0.05, 0) is 27.6 Å². The van der Waals surface area contributed by atoms with Crippen LogP contribution < -0.4 is 5.73 Å². The second-order valence-corrected chi connectivity index (χ2v) is 4.28. The number of benzene rings is 1. The van der Waals surface area contributed by atoms with Crippen molar-refractivity contribution in [1.29, 1.82) is 0 Å². The summed E-state index contributed by atoms with van der Waals surface area (Å²) in [5.74, 6) is -2.95. The Hall–Kier alpha value is -0.680. The van der Waals surface area contributed by atoms with Crippen LogP contribution in [0.2, 0.25) is 0 Å². The van der Waals surface area contributed by atoms with Crippen molar-refractivity contribution < 1.29 is 13.9 Å². The summed E-state index contributed by atoms with van der Waals surface area (Å²) in [4.78, 5) is 0. The quantitative estimate of drug-likeness (QED) is 0.817. The van der Waals surface area contributed by atoms with E-state index in [0.29, 0.717) is 0 Å². The lowest BCUT2D eigenvalue weighted by molar-refractivity contribution is 0.0889. The number of alkyl halides is 2. The molecule has 2 nitrogen and oxygen atoms in total. The highest BCUT2D eigenvalue weighted by molar-refractivity contribution is 9.10. The zero-order chi connectivity index (χ0) is 10.6. The van der Waals surface area contributed by atoms with Crippen molar-refractivity contribution in [3.8, 4) is 5.75 Å². The smallest absolute Gasteiger partial charge is 0.272 e. The molecule has 1 unspecified atom stereocenters. The fraction of sp³-hybridized carbons (Fsp3) is 0.333. The van der Waals surface area contributed by atoms with E-state index in [2.05, 4.69) is 15.9 Å². The van der Waals surface area contributed by atoms with Gasteiger partial charge in [-0.2, -0.15) is 0 Å². The molecule has 1 aromatic carbocycles. The molecule has 0 amide bonds. The first-order valence-electron chi connectivity index (χ1n) is 4.03. The number of phenolic OH excluding ortho intramolecular Hbond substituents is 1. The van der Waals surface area contributed by atoms with Crippen LogP contribution in [0.25, 0.3) is 0 Å². The summed E-state index contributed by atoms with van der Waals surface area (Å²) in [6, 6.07) is 4.40. The molecule has 1 fully saturated rings. The Kier molecular flexibility index (Phi) is 1.88. The zero-order valence-electron chi connectivity index (χ0n) is 7.10. The van der Waals surface area contributed by atoms with E-state index >= 15 is 0 Å². The first kappa shape index (κ1) is 9.86. The van der Waals surface area contributed by atoms with Crippen molar-refractivity contribution in [2.24, 2.45) is 5.73 Å². The predicted octanol–water partition coefficient (Wildman–Crippen LogP) is 2.35. The molecule has 1 aliphatic carbocycles. The normalized spacial score (nSPS) is 28.9. The van der Waals surface area contributed by atoms with E-state index in [4.69, 9.17) is 5.73 Å². The summed E-state index contributed by atoms with van der Waals surface area (Å²) < 4.78 is 26.2. The third-order valence-corrected chi connectivity index (χ3v) is 3.32. The van der Waals surface area contributed by atoms with E-state index in [1.54, 1.807) is 0 Å². The summed E-state index contributed by atoms with van der Waals surface area (Å²) >= 11 is 3.04. The maximum absolute atomic E-state index is 13.0. The molecule has 0 saturated heterocycles. The van der Waals surface area contributed by atoms with Gasteiger partial charge >= 0.3 is 0 Å². The molecule has 0 spiro atoms. The van der Waals surface area contributed by atoms with Crippen LogP contribution in [-0.4, -0.2) is 11.0 Å². The molecule has 14 heavy (non-hydrogen) atoms. The minimum atomic E-state index is -2.87. The second kappa shape index (κ2) is 2.67. The molecule has 0 aromatic heterocycles. The van der Waals surface area contributed by atoms with E-state index in [9.17, 15) is 13.9 Å². The highest BCUT2D eigenvalue weighted by Gasteiger charge is 2.70. The summed E-state index contributed by atoms with van der Waals surface area (Å²) in [5, 5.41) is 9.31. The lowest BCUT2D eigenvalue weighted by Gasteiger charge is -2.13. The van der Waals surface area contributed by atoms with Crippen LogP contribution in [-0.2, 0) is 5.54 Å². The molecule has 5 heteroatoms. The van der Waals surface area contributed by atoms with Crippen LogP contribution in [0.4, 0.5) is 8.78 Å². The number of nitrogens with two attached hydrogens (primary N) is 1. The molecule has 1 aliphatic rings. The maximum atomic E-state index is 13.0. The van der Waals surface area contributed by atoms with Crippen LogP contribution in [0.5, 0.6) is 5.75 Å². The SMILES string of the molecule is NC1(c2cccc(O)c2Br)CC1(F)F. The van der Waals surface area contributed by atoms with Gasteiger partial charge in [0.2, 0.25) is 0 Å². The van der Waals surface area contributed by atoms with Gasteiger partial charge in [0.1, 0.15) is 11.3 Å². The molecule has 2 rings (SSSR count). The molecule has 3 N–H and O–H groups in total. The summed E-state index contributed by atoms with van der Waals surface area (Å²) in [5.41, 5.74) is 4.16. The Morgan fingerprint density at radius 2 is 2.00 bits per heavy atom. The maximum Gasteiger partial charge on any atom is 0.272 e. The molecular formula is C9H8BrF2NO. The zero-order valence-corrected chi connectivity index (χ0v) is 8.68. The third-order valence-electron chi connectivity index (χ3n) is 2.49. The number of halogens is 3. The molecule has 0 bridgehead atoms. The first-order chi connectivity index (χ1) is 6.38. The van der Waals surface area contributed by atoms with Crippen LogP contribution in [0.1, 0.15) is 12.0 Å². The fourth-order valence-corrected chi connectivity index (χ4v) is 2.08. The molecule has 1 atom stereocenters. The third kappa shape index (κ3) is 1.15. The van der Waals surface area contributed by atoms with Crippen molar-refractivity contribution in [3.63, 3.8) is 0 Å². The molecule has 0 radical (unpaired) electrons. The van der Waals surface area contributed by atoms with Gasteiger partial charge in [0.25, 0.3) is 5.92 Å². The first-order valence-corrected chi connectivity index (χ1v) is 4.82. The fourth-order valence-electron chi connectivity index (χ4n) is 1.46. The monoisotopic (exact) mass is 263 g/mol. The minimum absolute atomic E-state index is 0.0741. The lowest BCUT2D eigenvalue weighted by Crippen LogP contribution is -2.27. The number of phenols is 1. The van der Waals surface area contributed by atoms with Gasteiger partial charge in [-0.25, -0.2) is 8.78 Å². The summed E-state index contributed by atoms with van der Waals surface area (Å²) in [7, 11) is 0. The van der Waals surface area contributed by atoms with Gasteiger partial charge in [-0.15, -0.1) is 0 Å². The van der Waals surface area contributed by atoms with Crippen molar-refractivity contribution >= 4 is 15.9 Å². The number of hydrogen-bond acceptors (Lipinski definition) is 2. The topological polar surface area (TPSA) is 46.2 Å². The van der Waals surface area contributed by atoms with E-state index in [1.165, 1.54) is 18.2 Å². The van der Waals surface area contributed by atoms with Crippen molar-refractivity contribution in [2.75, 3.05) is 0 Å². The van der Waals surface area contributed by atoms with Crippen molar-refractivity contribution in [1.82, 2.24) is 0 Å². The summed E-state index contributed by atoms with van der Waals surface area (Å²) in [6.07, 6.45) is -0.373. The Bertz CT molecular complexity index is 396. The van der Waals surface area contributed by atoms with E-state index in [-0.39, 0.29) is 22.2 Å². The number of rotatable bonds is 1. The Labute approximate surface area is 87.9 Å². The standard InChI is InChI=1S/C9H8BrF2NO/c10-7-5(2-1-3-6(7)14)8(13)4-9(8,11)12/h1-3,14H,4,13H2. The average molecular weight is 264 g/mol. The molecule has 0 aliphatic heterocycles. The average Bonchev–Trinajstić information content (AvgIpc) is 2.58. The van der Waals surface area contributed by atoms with E-state index in [1.807, 2.05) is 0 Å². The molecule has 1 saturated carbocycles. The van der Waals surface area contributed by atoms with Gasteiger partial charge in [0.15, 0.2) is 0 Å². The highest BCUT2D eigenvalue weighted by atomic mass is 79.9. The van der Waals surface area contributed by atoms with Gasteiger partial charge < -0.3 is 10.8 Å². The minimum Gasteiger partial charge on any atom is -0.507 e. The summed E-state index contributed by atoms with van der Waals surface area (Å²) in [6.45, 7) is 0. The van der Waals surface area contributed by atoms with Crippen LogP contribution in [0, 0.1) is 0 Å². The molecule has 0 heterocycles. The van der Waals surface area contributed by atoms with Gasteiger partial charge in [-0.1, -0.05) is 12.1 Å². The lowest BCUT2D eigenvalue weighted by atomic mass is 10.1. The predicted molar refractivity (Wildman–Crippen MR) is 51.2 cm³/mol. The van der Waals surface area contributed by atoms with Crippen LogP contribution in [0.15, 0.2) is 22.7 Å². The number of hydrogen-bond donors (Lipinski definition) is 2.